The van der Waals surface area contributed by atoms with E-state index in [1.54, 1.807) is 0 Å². The second kappa shape index (κ2) is 5.93. The molecule has 100 valence electrons. The van der Waals surface area contributed by atoms with Gasteiger partial charge < -0.3 is 10.6 Å². The van der Waals surface area contributed by atoms with Crippen LogP contribution in [0.2, 0.25) is 0 Å². The molecule has 2 rings (SSSR count). The molecule has 1 saturated heterocycles. The fourth-order valence-electron chi connectivity index (χ4n) is 2.29. The standard InChI is InChI=1S/C14H23N3S/c1-4-13(15)14-6-5-12(9-16-14)17-7-8-18-11(3)10(17)2/h5-6,9-11,13H,4,7-8,15H2,1-3H3/t10?,11?,13-/m0/s1. The van der Waals surface area contributed by atoms with Crippen molar-refractivity contribution in [3.8, 4) is 0 Å². The predicted octanol–water partition coefficient (Wildman–Crippen LogP) is 2.82. The molecule has 0 aliphatic carbocycles. The summed E-state index contributed by atoms with van der Waals surface area (Å²) in [5.74, 6) is 1.20. The molecule has 1 fully saturated rings. The van der Waals surface area contributed by atoms with Gasteiger partial charge in [0.2, 0.25) is 0 Å². The topological polar surface area (TPSA) is 42.1 Å². The van der Waals surface area contributed by atoms with E-state index in [4.69, 9.17) is 5.73 Å². The quantitative estimate of drug-likeness (QED) is 0.912. The normalized spacial score (nSPS) is 26.1. The van der Waals surface area contributed by atoms with Crippen LogP contribution in [0.15, 0.2) is 18.3 Å². The molecule has 1 aliphatic heterocycles. The maximum atomic E-state index is 5.99. The van der Waals surface area contributed by atoms with E-state index in [1.165, 1.54) is 11.4 Å². The Morgan fingerprint density at radius 2 is 2.28 bits per heavy atom. The summed E-state index contributed by atoms with van der Waals surface area (Å²) < 4.78 is 0. The summed E-state index contributed by atoms with van der Waals surface area (Å²) >= 11 is 2.05. The SMILES string of the molecule is CC[C@H](N)c1ccc(N2CCSC(C)C2C)cn1. The fourth-order valence-corrected chi connectivity index (χ4v) is 3.39. The first-order valence-electron chi connectivity index (χ1n) is 6.73. The minimum absolute atomic E-state index is 0.0623. The zero-order valence-corrected chi connectivity index (χ0v) is 12.3. The highest BCUT2D eigenvalue weighted by Gasteiger charge is 2.25. The van der Waals surface area contributed by atoms with Crippen molar-refractivity contribution in [1.82, 2.24) is 4.98 Å². The Morgan fingerprint density at radius 1 is 1.50 bits per heavy atom. The molecule has 0 radical (unpaired) electrons. The Hall–Kier alpha value is -0.740. The third-order valence-corrected chi connectivity index (χ3v) is 5.14. The largest absolute Gasteiger partial charge is 0.366 e. The molecule has 2 N–H and O–H groups in total. The maximum Gasteiger partial charge on any atom is 0.0572 e. The van der Waals surface area contributed by atoms with Crippen LogP contribution < -0.4 is 10.6 Å². The smallest absolute Gasteiger partial charge is 0.0572 e. The van der Waals surface area contributed by atoms with Crippen LogP contribution in [0.4, 0.5) is 5.69 Å². The van der Waals surface area contributed by atoms with Gasteiger partial charge in [-0.3, -0.25) is 4.98 Å². The van der Waals surface area contributed by atoms with Crippen molar-refractivity contribution in [3.63, 3.8) is 0 Å². The third kappa shape index (κ3) is 2.81. The predicted molar refractivity (Wildman–Crippen MR) is 80.2 cm³/mol. The van der Waals surface area contributed by atoms with Crippen LogP contribution in [-0.2, 0) is 0 Å². The van der Waals surface area contributed by atoms with Crippen LogP contribution in [0, 0.1) is 0 Å². The molecule has 18 heavy (non-hydrogen) atoms. The van der Waals surface area contributed by atoms with E-state index in [1.807, 2.05) is 6.20 Å². The van der Waals surface area contributed by atoms with Crippen LogP contribution in [0.25, 0.3) is 0 Å². The lowest BCUT2D eigenvalue weighted by Gasteiger charge is -2.39. The van der Waals surface area contributed by atoms with Crippen molar-refractivity contribution in [2.75, 3.05) is 17.2 Å². The van der Waals surface area contributed by atoms with E-state index >= 15 is 0 Å². The third-order valence-electron chi connectivity index (χ3n) is 3.81. The number of nitrogens with two attached hydrogens (primary N) is 1. The maximum absolute atomic E-state index is 5.99. The molecule has 0 bridgehead atoms. The number of pyridine rings is 1. The Bertz CT molecular complexity index is 379. The average molecular weight is 265 g/mol. The molecule has 0 aromatic carbocycles. The average Bonchev–Trinajstić information content (AvgIpc) is 2.41. The van der Waals surface area contributed by atoms with Gasteiger partial charge in [0, 0.05) is 29.6 Å². The van der Waals surface area contributed by atoms with Crippen molar-refractivity contribution < 1.29 is 0 Å². The molecular formula is C14H23N3S. The summed E-state index contributed by atoms with van der Waals surface area (Å²) in [6, 6.07) is 4.86. The number of nitrogens with zero attached hydrogens (tertiary/aromatic N) is 2. The molecule has 0 spiro atoms. The molecule has 2 unspecified atom stereocenters. The van der Waals surface area contributed by atoms with E-state index in [9.17, 15) is 0 Å². The molecule has 0 amide bonds. The van der Waals surface area contributed by atoms with E-state index in [0.29, 0.717) is 11.3 Å². The van der Waals surface area contributed by atoms with Crippen molar-refractivity contribution in [1.29, 1.82) is 0 Å². The molecule has 4 heteroatoms. The first kappa shape index (κ1) is 13.7. The van der Waals surface area contributed by atoms with Gasteiger partial charge in [-0.1, -0.05) is 13.8 Å². The molecule has 2 heterocycles. The number of rotatable bonds is 3. The highest BCUT2D eigenvalue weighted by molar-refractivity contribution is 8.00. The van der Waals surface area contributed by atoms with Gasteiger partial charge in [-0.2, -0.15) is 11.8 Å². The molecule has 3 nitrogen and oxygen atoms in total. The fraction of sp³-hybridized carbons (Fsp3) is 0.643. The van der Waals surface area contributed by atoms with Crippen LogP contribution in [-0.4, -0.2) is 28.6 Å². The molecule has 1 aromatic heterocycles. The first-order valence-corrected chi connectivity index (χ1v) is 7.78. The van der Waals surface area contributed by atoms with Gasteiger partial charge in [0.05, 0.1) is 17.6 Å². The highest BCUT2D eigenvalue weighted by Crippen LogP contribution is 2.29. The Balaban J connectivity index is 2.13. The lowest BCUT2D eigenvalue weighted by molar-refractivity contribution is 0.624. The number of thioether (sulfide) groups is 1. The molecule has 1 aromatic rings. The van der Waals surface area contributed by atoms with E-state index in [-0.39, 0.29) is 6.04 Å². The molecule has 3 atom stereocenters. The molecular weight excluding hydrogens is 242 g/mol. The van der Waals surface area contributed by atoms with Gasteiger partial charge in [-0.05, 0) is 25.5 Å². The molecule has 0 saturated carbocycles. The van der Waals surface area contributed by atoms with Crippen molar-refractivity contribution in [2.45, 2.75) is 44.5 Å². The van der Waals surface area contributed by atoms with E-state index in [0.717, 1.165) is 18.7 Å². The second-order valence-corrected chi connectivity index (χ2v) is 6.45. The van der Waals surface area contributed by atoms with Crippen molar-refractivity contribution in [3.05, 3.63) is 24.0 Å². The second-order valence-electron chi connectivity index (χ2n) is 4.97. The summed E-state index contributed by atoms with van der Waals surface area (Å²) in [5.41, 5.74) is 8.21. The number of anilines is 1. The van der Waals surface area contributed by atoms with Gasteiger partial charge in [-0.15, -0.1) is 0 Å². The highest BCUT2D eigenvalue weighted by atomic mass is 32.2. The molecule has 1 aliphatic rings. The minimum atomic E-state index is 0.0623. The Labute approximate surface area is 114 Å². The van der Waals surface area contributed by atoms with E-state index < -0.39 is 0 Å². The zero-order chi connectivity index (χ0) is 13.1. The summed E-state index contributed by atoms with van der Waals surface area (Å²) in [7, 11) is 0. The minimum Gasteiger partial charge on any atom is -0.366 e. The number of hydrogen-bond acceptors (Lipinski definition) is 4. The number of hydrogen-bond donors (Lipinski definition) is 1. The van der Waals surface area contributed by atoms with Crippen LogP contribution in [0.3, 0.4) is 0 Å². The number of aromatic nitrogens is 1. The summed E-state index contributed by atoms with van der Waals surface area (Å²) in [4.78, 5) is 6.96. The summed E-state index contributed by atoms with van der Waals surface area (Å²) in [5, 5.41) is 0.677. The van der Waals surface area contributed by atoms with Gasteiger partial charge in [-0.25, -0.2) is 0 Å². The van der Waals surface area contributed by atoms with Crippen molar-refractivity contribution >= 4 is 17.4 Å². The van der Waals surface area contributed by atoms with Crippen LogP contribution in [0.5, 0.6) is 0 Å². The Kier molecular flexibility index (Phi) is 4.51. The monoisotopic (exact) mass is 265 g/mol. The lowest BCUT2D eigenvalue weighted by atomic mass is 10.1. The van der Waals surface area contributed by atoms with E-state index in [2.05, 4.69) is 54.5 Å². The van der Waals surface area contributed by atoms with Gasteiger partial charge in [0.1, 0.15) is 0 Å². The summed E-state index contributed by atoms with van der Waals surface area (Å²) in [6.07, 6.45) is 2.91. The van der Waals surface area contributed by atoms with Gasteiger partial charge >= 0.3 is 0 Å². The van der Waals surface area contributed by atoms with Crippen LogP contribution in [0.1, 0.15) is 38.9 Å². The summed E-state index contributed by atoms with van der Waals surface area (Å²) in [6.45, 7) is 7.79. The zero-order valence-electron chi connectivity index (χ0n) is 11.5. The lowest BCUT2D eigenvalue weighted by Crippen LogP contribution is -2.44. The Morgan fingerprint density at radius 3 is 2.89 bits per heavy atom. The first-order chi connectivity index (χ1) is 8.63. The van der Waals surface area contributed by atoms with Gasteiger partial charge in [0.25, 0.3) is 0 Å². The van der Waals surface area contributed by atoms with Crippen molar-refractivity contribution in [2.24, 2.45) is 5.73 Å². The van der Waals surface area contributed by atoms with Crippen LogP contribution >= 0.6 is 11.8 Å². The van der Waals surface area contributed by atoms with Gasteiger partial charge in [0.15, 0.2) is 0 Å².